The Morgan fingerprint density at radius 3 is 1.64 bits per heavy atom. The van der Waals surface area contributed by atoms with Gasteiger partial charge in [0, 0.05) is 0 Å². The fourth-order valence-corrected chi connectivity index (χ4v) is 2.58. The summed E-state index contributed by atoms with van der Waals surface area (Å²) >= 11 is 0. The van der Waals surface area contributed by atoms with Crippen LogP contribution in [-0.2, 0) is 4.74 Å². The van der Waals surface area contributed by atoms with Gasteiger partial charge < -0.3 is 4.74 Å². The molecule has 0 amide bonds. The number of allylic oxidation sites excluding steroid dienone is 3. The molecule has 0 bridgehead atoms. The van der Waals surface area contributed by atoms with Gasteiger partial charge in [0.05, 0.1) is 7.11 Å². The topological polar surface area (TPSA) is 9.23 Å². The monoisotopic (exact) mass is 400 g/mol. The Morgan fingerprint density at radius 1 is 0.786 bits per heavy atom. The van der Waals surface area contributed by atoms with E-state index < -0.39 is 11.7 Å². The van der Waals surface area contributed by atoms with E-state index in [0.717, 1.165) is 18.8 Å². The molecule has 0 aliphatic heterocycles. The summed E-state index contributed by atoms with van der Waals surface area (Å²) in [6.45, 7) is 22.4. The van der Waals surface area contributed by atoms with Gasteiger partial charge in [-0.25, -0.2) is 4.39 Å². The second-order valence-corrected chi connectivity index (χ2v) is 8.30. The number of halogens is 2. The van der Waals surface area contributed by atoms with Crippen molar-refractivity contribution in [3.05, 3.63) is 36.1 Å². The first kappa shape index (κ1) is 29.1. The molecule has 0 spiro atoms. The molecule has 0 aliphatic carbocycles. The molecular weight excluding hydrogens is 354 g/mol. The van der Waals surface area contributed by atoms with Crippen LogP contribution in [0.5, 0.6) is 0 Å². The number of hydrogen-bond acceptors (Lipinski definition) is 1. The third kappa shape index (κ3) is 12.4. The summed E-state index contributed by atoms with van der Waals surface area (Å²) < 4.78 is 32.5. The predicted molar refractivity (Wildman–Crippen MR) is 121 cm³/mol. The van der Waals surface area contributed by atoms with Crippen LogP contribution in [0.4, 0.5) is 8.78 Å². The maximum absolute atomic E-state index is 14.1. The van der Waals surface area contributed by atoms with Gasteiger partial charge in [0.1, 0.15) is 5.76 Å². The zero-order valence-corrected chi connectivity index (χ0v) is 19.8. The van der Waals surface area contributed by atoms with Crippen molar-refractivity contribution >= 4 is 0 Å². The average Bonchev–Trinajstić information content (AvgIpc) is 2.72. The highest BCUT2D eigenvalue weighted by atomic mass is 19.2. The molecule has 166 valence electrons. The molecule has 0 aromatic carbocycles. The Labute approximate surface area is 174 Å². The van der Waals surface area contributed by atoms with Crippen LogP contribution in [0.2, 0.25) is 0 Å². The number of rotatable bonds is 13. The van der Waals surface area contributed by atoms with Gasteiger partial charge in [-0.1, -0.05) is 93.7 Å². The normalized spacial score (nSPS) is 16.1. The third-order valence-corrected chi connectivity index (χ3v) is 5.90. The van der Waals surface area contributed by atoms with E-state index in [0.29, 0.717) is 11.8 Å². The van der Waals surface area contributed by atoms with Crippen LogP contribution in [0.1, 0.15) is 93.4 Å². The minimum atomic E-state index is -1.05. The van der Waals surface area contributed by atoms with Gasteiger partial charge in [0.25, 0.3) is 0 Å². The van der Waals surface area contributed by atoms with Crippen molar-refractivity contribution in [3.63, 3.8) is 0 Å². The van der Waals surface area contributed by atoms with Gasteiger partial charge in [0.2, 0.25) is 0 Å². The van der Waals surface area contributed by atoms with Gasteiger partial charge in [-0.05, 0) is 42.1 Å². The maximum Gasteiger partial charge on any atom is 0.200 e. The molecule has 0 aliphatic rings. The summed E-state index contributed by atoms with van der Waals surface area (Å²) in [6.07, 6.45) is 8.13. The molecule has 0 saturated heterocycles. The number of ether oxygens (including phenoxy) is 1. The van der Waals surface area contributed by atoms with Gasteiger partial charge >= 0.3 is 0 Å². The molecule has 0 saturated carbocycles. The molecule has 0 heterocycles. The minimum absolute atomic E-state index is 0.107. The lowest BCUT2D eigenvalue weighted by molar-refractivity contribution is 0.279. The molecule has 0 N–H and O–H groups in total. The lowest BCUT2D eigenvalue weighted by atomic mass is 9.83. The summed E-state index contributed by atoms with van der Waals surface area (Å²) in [4.78, 5) is 0. The van der Waals surface area contributed by atoms with Crippen LogP contribution in [0.3, 0.4) is 0 Å². The van der Waals surface area contributed by atoms with Crippen molar-refractivity contribution in [1.82, 2.24) is 0 Å². The highest BCUT2D eigenvalue weighted by molar-refractivity contribution is 5.33. The average molecular weight is 401 g/mol. The fourth-order valence-electron chi connectivity index (χ4n) is 2.58. The zero-order valence-electron chi connectivity index (χ0n) is 19.8. The molecule has 0 radical (unpaired) electrons. The van der Waals surface area contributed by atoms with Gasteiger partial charge in [-0.2, -0.15) is 4.39 Å². The standard InChI is InChI=1S/C21H36F2O.C4H10/c1-9-14(2)10-11-15(3)16(4)12-13-17(5)18(6)20(22)21(23)19(7)24-8;1-3-4-2/h14-17H,6-7,9-13H2,1-5,8H3;3-4H2,1-2H3/b21-20-;. The quantitative estimate of drug-likeness (QED) is 0.221. The summed E-state index contributed by atoms with van der Waals surface area (Å²) in [6, 6.07) is 0. The maximum atomic E-state index is 14.1. The van der Waals surface area contributed by atoms with E-state index in [-0.39, 0.29) is 17.3 Å². The van der Waals surface area contributed by atoms with E-state index in [2.05, 4.69) is 59.4 Å². The van der Waals surface area contributed by atoms with Crippen LogP contribution in [0.15, 0.2) is 36.1 Å². The predicted octanol–water partition coefficient (Wildman–Crippen LogP) is 9.17. The van der Waals surface area contributed by atoms with Gasteiger partial charge in [-0.3, -0.25) is 0 Å². The minimum Gasteiger partial charge on any atom is -0.494 e. The Hall–Kier alpha value is -1.12. The SMILES string of the molecule is C=C(OC)/C(F)=C(/F)C(=C)C(C)CCC(C)C(C)CCC(C)CC.CCCC. The van der Waals surface area contributed by atoms with Crippen molar-refractivity contribution in [3.8, 4) is 0 Å². The second-order valence-electron chi connectivity index (χ2n) is 8.30. The largest absolute Gasteiger partial charge is 0.494 e. The van der Waals surface area contributed by atoms with E-state index >= 15 is 0 Å². The van der Waals surface area contributed by atoms with Crippen LogP contribution >= 0.6 is 0 Å². The fraction of sp³-hybridized carbons (Fsp3) is 0.760. The molecule has 4 atom stereocenters. The van der Waals surface area contributed by atoms with E-state index in [1.807, 2.05) is 6.92 Å². The second kappa shape index (κ2) is 16.8. The Balaban J connectivity index is 0. The van der Waals surface area contributed by atoms with Crippen molar-refractivity contribution in [2.75, 3.05) is 7.11 Å². The molecule has 1 nitrogen and oxygen atoms in total. The van der Waals surface area contributed by atoms with Crippen molar-refractivity contribution < 1.29 is 13.5 Å². The molecule has 3 heteroatoms. The molecule has 28 heavy (non-hydrogen) atoms. The summed E-state index contributed by atoms with van der Waals surface area (Å²) in [7, 11) is 1.27. The molecule has 0 fully saturated rings. The highest BCUT2D eigenvalue weighted by Crippen LogP contribution is 2.31. The van der Waals surface area contributed by atoms with Crippen molar-refractivity contribution in [2.24, 2.45) is 23.7 Å². The summed E-state index contributed by atoms with van der Waals surface area (Å²) in [5.41, 5.74) is 0.185. The molecule has 0 aromatic heterocycles. The van der Waals surface area contributed by atoms with E-state index in [1.54, 1.807) is 0 Å². The Kier molecular flexibility index (Phi) is 17.5. The van der Waals surface area contributed by atoms with Crippen LogP contribution < -0.4 is 0 Å². The molecule has 0 aromatic rings. The lowest BCUT2D eigenvalue weighted by Crippen LogP contribution is -2.12. The van der Waals surface area contributed by atoms with Gasteiger partial charge in [-0.15, -0.1) is 0 Å². The lowest BCUT2D eigenvalue weighted by Gasteiger charge is -2.23. The first-order valence-electron chi connectivity index (χ1n) is 11.0. The van der Waals surface area contributed by atoms with Gasteiger partial charge in [0.15, 0.2) is 11.7 Å². The van der Waals surface area contributed by atoms with Crippen LogP contribution in [-0.4, -0.2) is 7.11 Å². The number of unbranched alkanes of at least 4 members (excludes halogenated alkanes) is 1. The number of methoxy groups -OCH3 is 1. The summed E-state index contributed by atoms with van der Waals surface area (Å²) in [5.74, 6) is -0.414. The third-order valence-electron chi connectivity index (χ3n) is 5.90. The molecule has 0 rings (SSSR count). The Morgan fingerprint density at radius 2 is 1.25 bits per heavy atom. The van der Waals surface area contributed by atoms with Crippen molar-refractivity contribution in [1.29, 1.82) is 0 Å². The van der Waals surface area contributed by atoms with Crippen LogP contribution in [0, 0.1) is 23.7 Å². The van der Waals surface area contributed by atoms with Crippen LogP contribution in [0.25, 0.3) is 0 Å². The highest BCUT2D eigenvalue weighted by Gasteiger charge is 2.20. The Bertz CT molecular complexity index is 465. The first-order chi connectivity index (χ1) is 13.1. The zero-order chi connectivity index (χ0) is 22.3. The first-order valence-corrected chi connectivity index (χ1v) is 11.0. The molecule has 4 unspecified atom stereocenters. The summed E-state index contributed by atoms with van der Waals surface area (Å²) in [5, 5.41) is 0. The van der Waals surface area contributed by atoms with E-state index in [4.69, 9.17) is 0 Å². The smallest absolute Gasteiger partial charge is 0.200 e. The number of hydrogen-bond donors (Lipinski definition) is 0. The van der Waals surface area contributed by atoms with Crippen molar-refractivity contribution in [2.45, 2.75) is 93.4 Å². The van der Waals surface area contributed by atoms with E-state index in [1.165, 1.54) is 39.2 Å². The van der Waals surface area contributed by atoms with E-state index in [9.17, 15) is 8.78 Å². The molecular formula is C25H46F2O.